The van der Waals surface area contributed by atoms with Crippen LogP contribution in [0.4, 0.5) is 4.79 Å². The molecule has 1 aliphatic rings. The second-order valence-electron chi connectivity index (χ2n) is 7.71. The minimum atomic E-state index is -0.259. The number of thioether (sulfide) groups is 1. The van der Waals surface area contributed by atoms with E-state index in [0.717, 1.165) is 47.4 Å². The summed E-state index contributed by atoms with van der Waals surface area (Å²) < 4.78 is 7.90. The van der Waals surface area contributed by atoms with Gasteiger partial charge in [0, 0.05) is 17.9 Å². The normalized spacial score (nSPS) is 15.1. The Morgan fingerprint density at radius 3 is 2.34 bits per heavy atom. The van der Waals surface area contributed by atoms with Crippen LogP contribution in [0, 0.1) is 13.8 Å². The lowest BCUT2D eigenvalue weighted by Crippen LogP contribution is -2.32. The lowest BCUT2D eigenvalue weighted by atomic mass is 10.1. The summed E-state index contributed by atoms with van der Waals surface area (Å²) in [5, 5.41) is -0.254. The maximum atomic E-state index is 12.8. The monoisotopic (exact) mass is 446 g/mol. The van der Waals surface area contributed by atoms with E-state index < -0.39 is 0 Å². The predicted molar refractivity (Wildman–Crippen MR) is 129 cm³/mol. The third-order valence-electron chi connectivity index (χ3n) is 5.57. The van der Waals surface area contributed by atoms with Crippen LogP contribution < -0.4 is 4.74 Å². The summed E-state index contributed by atoms with van der Waals surface area (Å²) in [6, 6.07) is 21.8. The molecule has 6 heteroatoms. The lowest BCUT2D eigenvalue weighted by molar-refractivity contribution is -0.123. The van der Waals surface area contributed by atoms with Crippen molar-refractivity contribution in [2.45, 2.75) is 26.8 Å². The standard InChI is InChI=1S/C26H26N2O3S/c1-19-17-22(20(2)27(19)14-13-21-9-5-3-6-10-21)18-24-25(29)28(26(30)32-24)15-16-31-23-11-7-4-8-12-23/h3-12,17-18H,13-16H2,1-2H3/b24-18-. The molecule has 0 radical (unpaired) electrons. The Morgan fingerprint density at radius 2 is 1.62 bits per heavy atom. The minimum Gasteiger partial charge on any atom is -0.492 e. The van der Waals surface area contributed by atoms with Gasteiger partial charge in [0.15, 0.2) is 0 Å². The van der Waals surface area contributed by atoms with Gasteiger partial charge in [-0.1, -0.05) is 48.5 Å². The Balaban J connectivity index is 1.42. The summed E-state index contributed by atoms with van der Waals surface area (Å²) in [6.45, 7) is 5.49. The number of carbonyl (C=O) groups excluding carboxylic acids is 2. The number of aromatic nitrogens is 1. The van der Waals surface area contributed by atoms with E-state index in [1.54, 1.807) is 0 Å². The summed E-state index contributed by atoms with van der Waals surface area (Å²) in [5.41, 5.74) is 4.50. The molecule has 0 saturated carbocycles. The van der Waals surface area contributed by atoms with Gasteiger partial charge in [0.2, 0.25) is 0 Å². The Hall–Kier alpha value is -3.25. The van der Waals surface area contributed by atoms with E-state index >= 15 is 0 Å². The number of benzene rings is 2. The number of ether oxygens (including phenoxy) is 1. The molecule has 32 heavy (non-hydrogen) atoms. The first-order valence-corrected chi connectivity index (χ1v) is 11.5. The number of aryl methyl sites for hydroxylation is 2. The summed E-state index contributed by atoms with van der Waals surface area (Å²) in [4.78, 5) is 27.0. The van der Waals surface area contributed by atoms with Crippen LogP contribution in [0.1, 0.15) is 22.5 Å². The molecule has 0 aliphatic carbocycles. The van der Waals surface area contributed by atoms with Crippen LogP contribution in [-0.2, 0) is 17.8 Å². The Morgan fingerprint density at radius 1 is 0.938 bits per heavy atom. The number of amides is 2. The molecule has 2 amide bonds. The average Bonchev–Trinajstić information content (AvgIpc) is 3.22. The van der Waals surface area contributed by atoms with Crippen LogP contribution >= 0.6 is 11.8 Å². The zero-order valence-electron chi connectivity index (χ0n) is 18.3. The van der Waals surface area contributed by atoms with Gasteiger partial charge < -0.3 is 9.30 Å². The molecule has 0 N–H and O–H groups in total. The first-order chi connectivity index (χ1) is 15.5. The number of rotatable bonds is 8. The van der Waals surface area contributed by atoms with Gasteiger partial charge in [-0.05, 0) is 67.4 Å². The van der Waals surface area contributed by atoms with Crippen molar-refractivity contribution < 1.29 is 14.3 Å². The van der Waals surface area contributed by atoms with Gasteiger partial charge in [-0.3, -0.25) is 14.5 Å². The van der Waals surface area contributed by atoms with Crippen molar-refractivity contribution in [3.8, 4) is 5.75 Å². The van der Waals surface area contributed by atoms with Crippen LogP contribution in [0.5, 0.6) is 5.75 Å². The molecule has 164 valence electrons. The van der Waals surface area contributed by atoms with Gasteiger partial charge >= 0.3 is 0 Å². The topological polar surface area (TPSA) is 51.5 Å². The van der Waals surface area contributed by atoms with Crippen molar-refractivity contribution in [3.05, 3.63) is 94.1 Å². The molecule has 2 aromatic carbocycles. The lowest BCUT2D eigenvalue weighted by Gasteiger charge is -2.13. The van der Waals surface area contributed by atoms with Crippen molar-refractivity contribution in [1.82, 2.24) is 9.47 Å². The van der Waals surface area contributed by atoms with Gasteiger partial charge in [-0.25, -0.2) is 0 Å². The Labute approximate surface area is 192 Å². The molecular formula is C26H26N2O3S. The minimum absolute atomic E-state index is 0.229. The molecule has 0 bridgehead atoms. The maximum absolute atomic E-state index is 12.8. The SMILES string of the molecule is Cc1cc(/C=C2\SC(=O)N(CCOc3ccccc3)C2=O)c(C)n1CCc1ccccc1. The molecule has 0 unspecified atom stereocenters. The summed E-state index contributed by atoms with van der Waals surface area (Å²) in [5.74, 6) is 0.462. The highest BCUT2D eigenvalue weighted by Crippen LogP contribution is 2.33. The molecule has 3 aromatic rings. The molecule has 1 aromatic heterocycles. The van der Waals surface area contributed by atoms with Gasteiger partial charge in [0.05, 0.1) is 11.4 Å². The highest BCUT2D eigenvalue weighted by atomic mass is 32.2. The van der Waals surface area contributed by atoms with Crippen molar-refractivity contribution in [2.24, 2.45) is 0 Å². The van der Waals surface area contributed by atoms with E-state index in [4.69, 9.17) is 4.74 Å². The third-order valence-corrected chi connectivity index (χ3v) is 6.47. The van der Waals surface area contributed by atoms with Crippen molar-refractivity contribution in [2.75, 3.05) is 13.2 Å². The molecular weight excluding hydrogens is 420 g/mol. The molecule has 1 fully saturated rings. The molecule has 1 aliphatic heterocycles. The summed E-state index contributed by atoms with van der Waals surface area (Å²) >= 11 is 0.991. The van der Waals surface area contributed by atoms with E-state index in [2.05, 4.69) is 48.7 Å². The van der Waals surface area contributed by atoms with Crippen LogP contribution in [-0.4, -0.2) is 33.8 Å². The van der Waals surface area contributed by atoms with Crippen molar-refractivity contribution >= 4 is 29.0 Å². The van der Waals surface area contributed by atoms with Gasteiger partial charge in [0.1, 0.15) is 12.4 Å². The number of para-hydroxylation sites is 1. The number of imide groups is 1. The maximum Gasteiger partial charge on any atom is 0.293 e. The van der Waals surface area contributed by atoms with Crippen LogP contribution in [0.2, 0.25) is 0 Å². The number of hydrogen-bond acceptors (Lipinski definition) is 4. The van der Waals surface area contributed by atoms with Crippen molar-refractivity contribution in [3.63, 3.8) is 0 Å². The zero-order chi connectivity index (χ0) is 22.5. The second-order valence-corrected chi connectivity index (χ2v) is 8.70. The second kappa shape index (κ2) is 9.92. The van der Waals surface area contributed by atoms with E-state index in [1.165, 1.54) is 10.5 Å². The average molecular weight is 447 g/mol. The van der Waals surface area contributed by atoms with Gasteiger partial charge in [-0.15, -0.1) is 0 Å². The molecule has 2 heterocycles. The number of nitrogens with zero attached hydrogens (tertiary/aromatic N) is 2. The summed E-state index contributed by atoms with van der Waals surface area (Å²) in [6.07, 6.45) is 2.78. The highest BCUT2D eigenvalue weighted by Gasteiger charge is 2.35. The fourth-order valence-corrected chi connectivity index (χ4v) is 4.66. The number of carbonyl (C=O) groups is 2. The third kappa shape index (κ3) is 4.97. The highest BCUT2D eigenvalue weighted by molar-refractivity contribution is 8.18. The first kappa shape index (κ1) is 22.0. The molecule has 5 nitrogen and oxygen atoms in total. The van der Waals surface area contributed by atoms with Crippen molar-refractivity contribution in [1.29, 1.82) is 0 Å². The Kier molecular flexibility index (Phi) is 6.81. The van der Waals surface area contributed by atoms with Crippen LogP contribution in [0.25, 0.3) is 6.08 Å². The van der Waals surface area contributed by atoms with E-state index in [9.17, 15) is 9.59 Å². The molecule has 4 rings (SSSR count). The molecule has 0 atom stereocenters. The fourth-order valence-electron chi connectivity index (χ4n) is 3.81. The Bertz CT molecular complexity index is 1140. The van der Waals surface area contributed by atoms with E-state index in [0.29, 0.717) is 4.91 Å². The number of hydrogen-bond donors (Lipinski definition) is 0. The van der Waals surface area contributed by atoms with Gasteiger partial charge in [-0.2, -0.15) is 0 Å². The zero-order valence-corrected chi connectivity index (χ0v) is 19.1. The fraction of sp³-hybridized carbons (Fsp3) is 0.231. The van der Waals surface area contributed by atoms with Crippen LogP contribution in [0.15, 0.2) is 71.6 Å². The van der Waals surface area contributed by atoms with Crippen LogP contribution in [0.3, 0.4) is 0 Å². The predicted octanol–water partition coefficient (Wildman–Crippen LogP) is 5.46. The molecule has 1 saturated heterocycles. The van der Waals surface area contributed by atoms with E-state index in [1.807, 2.05) is 42.5 Å². The first-order valence-electron chi connectivity index (χ1n) is 10.7. The van der Waals surface area contributed by atoms with E-state index in [-0.39, 0.29) is 24.3 Å². The largest absolute Gasteiger partial charge is 0.492 e. The summed E-state index contributed by atoms with van der Waals surface area (Å²) in [7, 11) is 0. The molecule has 0 spiro atoms. The quantitative estimate of drug-likeness (QED) is 0.431. The smallest absolute Gasteiger partial charge is 0.293 e. The van der Waals surface area contributed by atoms with Gasteiger partial charge in [0.25, 0.3) is 11.1 Å².